The number of carbonyl (C=O) groups is 1. The maximum atomic E-state index is 12.2. The van der Waals surface area contributed by atoms with Crippen molar-refractivity contribution in [1.29, 1.82) is 0 Å². The molecule has 0 aliphatic carbocycles. The predicted octanol–water partition coefficient (Wildman–Crippen LogP) is 3.30. The fourth-order valence-electron chi connectivity index (χ4n) is 3.88. The second-order valence-electron chi connectivity index (χ2n) is 7.64. The Morgan fingerprint density at radius 3 is 2.81 bits per heavy atom. The molecule has 2 heterocycles. The van der Waals surface area contributed by atoms with Gasteiger partial charge in [0.15, 0.2) is 5.11 Å². The van der Waals surface area contributed by atoms with Crippen LogP contribution >= 0.6 is 12.2 Å². The van der Waals surface area contributed by atoms with E-state index in [1.165, 1.54) is 0 Å². The Morgan fingerprint density at radius 1 is 1.41 bits per heavy atom. The quantitative estimate of drug-likeness (QED) is 0.630. The molecule has 2 aliphatic heterocycles. The number of carbonyl (C=O) groups excluding carboxylic acids is 1. The second kappa shape index (κ2) is 7.56. The van der Waals surface area contributed by atoms with Crippen LogP contribution in [0.2, 0.25) is 0 Å². The fraction of sp³-hybridized carbons (Fsp3) is 0.550. The van der Waals surface area contributed by atoms with Crippen molar-refractivity contribution in [3.63, 3.8) is 0 Å². The van der Waals surface area contributed by atoms with Crippen LogP contribution in [0.3, 0.4) is 0 Å². The number of ether oxygens (including phenoxy) is 2. The lowest BCUT2D eigenvalue weighted by atomic mass is 9.79. The molecule has 1 spiro atoms. The van der Waals surface area contributed by atoms with E-state index in [4.69, 9.17) is 21.7 Å². The van der Waals surface area contributed by atoms with Gasteiger partial charge in [-0.2, -0.15) is 0 Å². The summed E-state index contributed by atoms with van der Waals surface area (Å²) >= 11 is 5.55. The van der Waals surface area contributed by atoms with E-state index in [0.29, 0.717) is 31.2 Å². The number of amidine groups is 1. The Hall–Kier alpha value is -1.99. The smallest absolute Gasteiger partial charge is 0.325 e. The summed E-state index contributed by atoms with van der Waals surface area (Å²) in [5.74, 6) is 0.485. The molecule has 1 N–H and O–H groups in total. The second-order valence-corrected chi connectivity index (χ2v) is 8.01. The summed E-state index contributed by atoms with van der Waals surface area (Å²) in [5.41, 5.74) is 1.25. The van der Waals surface area contributed by atoms with Crippen LogP contribution < -0.4 is 5.32 Å². The van der Waals surface area contributed by atoms with Gasteiger partial charge in [0.25, 0.3) is 0 Å². The number of benzene rings is 1. The number of para-hydroxylation sites is 1. The average Bonchev–Trinajstić information content (AvgIpc) is 2.81. The van der Waals surface area contributed by atoms with Gasteiger partial charge in [-0.3, -0.25) is 4.79 Å². The van der Waals surface area contributed by atoms with Crippen LogP contribution in [0.25, 0.3) is 0 Å². The summed E-state index contributed by atoms with van der Waals surface area (Å²) in [7, 11) is 0. The third kappa shape index (κ3) is 3.99. The Kier molecular flexibility index (Phi) is 5.53. The molecular weight excluding hydrogens is 362 g/mol. The molecule has 0 amide bonds. The number of anilines is 1. The van der Waals surface area contributed by atoms with Gasteiger partial charge in [0.1, 0.15) is 17.9 Å². The van der Waals surface area contributed by atoms with E-state index < -0.39 is 5.54 Å². The molecule has 146 valence electrons. The van der Waals surface area contributed by atoms with Crippen LogP contribution in [0, 0.1) is 6.92 Å². The lowest BCUT2D eigenvalue weighted by Gasteiger charge is -2.47. The van der Waals surface area contributed by atoms with E-state index in [9.17, 15) is 4.79 Å². The molecule has 0 bridgehead atoms. The van der Waals surface area contributed by atoms with Crippen molar-refractivity contribution in [2.45, 2.75) is 51.7 Å². The highest BCUT2D eigenvalue weighted by atomic mass is 32.1. The first-order chi connectivity index (χ1) is 12.8. The van der Waals surface area contributed by atoms with E-state index in [0.717, 1.165) is 17.1 Å². The van der Waals surface area contributed by atoms with Gasteiger partial charge in [-0.25, -0.2) is 4.99 Å². The Labute approximate surface area is 165 Å². The zero-order valence-corrected chi connectivity index (χ0v) is 17.2. The summed E-state index contributed by atoms with van der Waals surface area (Å²) < 4.78 is 11.1. The zero-order valence-electron chi connectivity index (χ0n) is 16.4. The minimum Gasteiger partial charge on any atom is -0.465 e. The van der Waals surface area contributed by atoms with Crippen LogP contribution in [0.5, 0.6) is 0 Å². The lowest BCUT2D eigenvalue weighted by Crippen LogP contribution is -2.61. The first-order valence-corrected chi connectivity index (χ1v) is 9.71. The van der Waals surface area contributed by atoms with Crippen LogP contribution in [0.15, 0.2) is 29.3 Å². The standard InChI is InChI=1S/C20H27N3O3S/c1-5-25-16(24)12-23-18(27)22-17(21-15-9-7-6-8-14(15)2)20(23)10-11-26-19(3,4)13-20/h6-9H,5,10-13H2,1-4H3,(H,21,22,27). The molecular formula is C20H27N3O3S. The number of esters is 1. The Bertz CT molecular complexity index is 777. The van der Waals surface area contributed by atoms with Crippen molar-refractivity contribution in [2.24, 2.45) is 4.99 Å². The average molecular weight is 390 g/mol. The van der Waals surface area contributed by atoms with Crippen molar-refractivity contribution in [3.8, 4) is 0 Å². The van der Waals surface area contributed by atoms with Crippen LogP contribution in [-0.4, -0.2) is 52.7 Å². The van der Waals surface area contributed by atoms with E-state index in [1.807, 2.05) is 36.1 Å². The minimum atomic E-state index is -0.506. The maximum Gasteiger partial charge on any atom is 0.325 e. The third-order valence-electron chi connectivity index (χ3n) is 5.11. The molecule has 0 radical (unpaired) electrons. The number of hydrogen-bond acceptors (Lipinski definition) is 5. The van der Waals surface area contributed by atoms with E-state index >= 15 is 0 Å². The van der Waals surface area contributed by atoms with Gasteiger partial charge in [0, 0.05) is 25.1 Å². The summed E-state index contributed by atoms with van der Waals surface area (Å²) in [6.45, 7) is 8.97. The van der Waals surface area contributed by atoms with E-state index in [-0.39, 0.29) is 18.1 Å². The number of nitrogens with zero attached hydrogens (tertiary/aromatic N) is 2. The van der Waals surface area contributed by atoms with Crippen LogP contribution in [0.1, 0.15) is 39.2 Å². The highest BCUT2D eigenvalue weighted by Gasteiger charge is 2.53. The summed E-state index contributed by atoms with van der Waals surface area (Å²) in [6, 6.07) is 8.06. The van der Waals surface area contributed by atoms with Crippen molar-refractivity contribution in [1.82, 2.24) is 4.90 Å². The molecule has 1 fully saturated rings. The van der Waals surface area contributed by atoms with Gasteiger partial charge in [0.2, 0.25) is 0 Å². The van der Waals surface area contributed by atoms with Crippen molar-refractivity contribution >= 4 is 34.8 Å². The molecule has 6 nitrogen and oxygen atoms in total. The molecule has 7 heteroatoms. The number of rotatable bonds is 4. The highest BCUT2D eigenvalue weighted by molar-refractivity contribution is 7.80. The number of aliphatic imine (C=N–C) groups is 1. The van der Waals surface area contributed by atoms with Gasteiger partial charge >= 0.3 is 5.97 Å². The third-order valence-corrected chi connectivity index (χ3v) is 5.42. The Balaban J connectivity index is 1.96. The first kappa shape index (κ1) is 19.8. The summed E-state index contributed by atoms with van der Waals surface area (Å²) in [5, 5.41) is 3.90. The number of aryl methyl sites for hydroxylation is 1. The molecule has 3 rings (SSSR count). The molecule has 1 aromatic rings. The molecule has 1 atom stereocenters. The van der Waals surface area contributed by atoms with Crippen molar-refractivity contribution < 1.29 is 14.3 Å². The van der Waals surface area contributed by atoms with Gasteiger partial charge < -0.3 is 19.7 Å². The topological polar surface area (TPSA) is 63.2 Å². The normalized spacial score (nSPS) is 24.1. The first-order valence-electron chi connectivity index (χ1n) is 9.30. The van der Waals surface area contributed by atoms with Crippen LogP contribution in [0.4, 0.5) is 5.69 Å². The van der Waals surface area contributed by atoms with Gasteiger partial charge in [0.05, 0.1) is 12.2 Å². The lowest BCUT2D eigenvalue weighted by molar-refractivity contribution is -0.146. The highest BCUT2D eigenvalue weighted by Crippen LogP contribution is 2.41. The number of nitrogens with one attached hydrogen (secondary N) is 1. The molecule has 0 saturated carbocycles. The Morgan fingerprint density at radius 2 is 2.15 bits per heavy atom. The monoisotopic (exact) mass is 389 g/mol. The number of hydrogen-bond donors (Lipinski definition) is 1. The van der Waals surface area contributed by atoms with Crippen LogP contribution in [-0.2, 0) is 14.3 Å². The largest absolute Gasteiger partial charge is 0.465 e. The summed E-state index contributed by atoms with van der Waals surface area (Å²) in [4.78, 5) is 18.8. The maximum absolute atomic E-state index is 12.2. The predicted molar refractivity (Wildman–Crippen MR) is 110 cm³/mol. The number of thiocarbonyl (C=S) groups is 1. The van der Waals surface area contributed by atoms with E-state index in [1.54, 1.807) is 6.92 Å². The summed E-state index contributed by atoms with van der Waals surface area (Å²) in [6.07, 6.45) is 1.38. The minimum absolute atomic E-state index is 0.0885. The molecule has 1 unspecified atom stereocenters. The molecule has 1 saturated heterocycles. The van der Waals surface area contributed by atoms with Crippen molar-refractivity contribution in [3.05, 3.63) is 29.8 Å². The fourth-order valence-corrected chi connectivity index (χ4v) is 4.21. The van der Waals surface area contributed by atoms with Gasteiger partial charge in [-0.15, -0.1) is 0 Å². The molecule has 0 aromatic heterocycles. The molecule has 1 aromatic carbocycles. The van der Waals surface area contributed by atoms with Gasteiger partial charge in [-0.1, -0.05) is 18.2 Å². The molecule has 27 heavy (non-hydrogen) atoms. The van der Waals surface area contributed by atoms with E-state index in [2.05, 4.69) is 24.2 Å². The SMILES string of the molecule is CCOC(=O)CN1C(=S)N=C(Nc2ccccc2C)C12CCOC(C)(C)C2. The van der Waals surface area contributed by atoms with Crippen molar-refractivity contribution in [2.75, 3.05) is 25.1 Å². The molecule has 2 aliphatic rings. The zero-order chi connectivity index (χ0) is 19.7. The van der Waals surface area contributed by atoms with Gasteiger partial charge in [-0.05, 0) is 51.5 Å².